The van der Waals surface area contributed by atoms with E-state index in [1.54, 1.807) is 12.1 Å². The molecule has 2 aromatic rings. The van der Waals surface area contributed by atoms with Crippen molar-refractivity contribution in [3.8, 4) is 0 Å². The number of hydrogen-bond acceptors (Lipinski definition) is 2. The zero-order valence-corrected chi connectivity index (χ0v) is 16.8. The van der Waals surface area contributed by atoms with Crippen LogP contribution in [-0.4, -0.2) is 18.4 Å². The summed E-state index contributed by atoms with van der Waals surface area (Å²) in [5, 5.41) is 9.22. The van der Waals surface area contributed by atoms with Crippen LogP contribution in [-0.2, 0) is 17.9 Å². The standard InChI is InChI=1S/C22H29FN4O/c1-4-24-22(26-15-18-9-5-6-11-20(18)23)25-14-17-8-7-10-19(13-17)27-21(28)12-16(2)3/h5-11,13,16H,4,12,14-15H2,1-3H3,(H,27,28)(H2,24,25,26). The lowest BCUT2D eigenvalue weighted by atomic mass is 10.1. The van der Waals surface area contributed by atoms with Gasteiger partial charge >= 0.3 is 0 Å². The molecule has 0 aromatic heterocycles. The maximum atomic E-state index is 13.8. The van der Waals surface area contributed by atoms with Crippen molar-refractivity contribution in [2.45, 2.75) is 40.3 Å². The summed E-state index contributed by atoms with van der Waals surface area (Å²) in [5.74, 6) is 0.696. The largest absolute Gasteiger partial charge is 0.357 e. The number of anilines is 1. The number of benzene rings is 2. The van der Waals surface area contributed by atoms with Gasteiger partial charge in [-0.05, 0) is 36.6 Å². The van der Waals surface area contributed by atoms with Crippen LogP contribution < -0.4 is 16.0 Å². The van der Waals surface area contributed by atoms with E-state index in [9.17, 15) is 9.18 Å². The molecule has 0 spiro atoms. The van der Waals surface area contributed by atoms with E-state index in [2.05, 4.69) is 20.9 Å². The van der Waals surface area contributed by atoms with Gasteiger partial charge in [0.05, 0.1) is 6.54 Å². The highest BCUT2D eigenvalue weighted by Gasteiger charge is 2.06. The average molecular weight is 384 g/mol. The highest BCUT2D eigenvalue weighted by molar-refractivity contribution is 5.90. The fourth-order valence-electron chi connectivity index (χ4n) is 2.66. The number of amides is 1. The molecule has 6 heteroatoms. The van der Waals surface area contributed by atoms with E-state index in [-0.39, 0.29) is 11.7 Å². The van der Waals surface area contributed by atoms with Crippen molar-refractivity contribution in [2.24, 2.45) is 10.9 Å². The predicted molar refractivity (Wildman–Crippen MR) is 113 cm³/mol. The second kappa shape index (κ2) is 11.1. The van der Waals surface area contributed by atoms with Crippen molar-refractivity contribution in [3.63, 3.8) is 0 Å². The second-order valence-electron chi connectivity index (χ2n) is 6.99. The van der Waals surface area contributed by atoms with Crippen LogP contribution in [0.1, 0.15) is 38.3 Å². The summed E-state index contributed by atoms with van der Waals surface area (Å²) < 4.78 is 13.8. The quantitative estimate of drug-likeness (QED) is 0.475. The van der Waals surface area contributed by atoms with E-state index in [4.69, 9.17) is 0 Å². The molecule has 0 aliphatic heterocycles. The maximum Gasteiger partial charge on any atom is 0.224 e. The number of rotatable bonds is 8. The van der Waals surface area contributed by atoms with Crippen LogP contribution in [0, 0.1) is 11.7 Å². The molecule has 5 nitrogen and oxygen atoms in total. The molecular formula is C22H29FN4O. The molecular weight excluding hydrogens is 355 g/mol. The zero-order valence-electron chi connectivity index (χ0n) is 16.8. The van der Waals surface area contributed by atoms with Crippen molar-refractivity contribution in [1.29, 1.82) is 0 Å². The Bertz CT molecular complexity index is 805. The number of carbonyl (C=O) groups excluding carboxylic acids is 1. The minimum absolute atomic E-state index is 0.00976. The van der Waals surface area contributed by atoms with Crippen LogP contribution >= 0.6 is 0 Å². The molecule has 1 amide bonds. The lowest BCUT2D eigenvalue weighted by Gasteiger charge is -2.12. The Morgan fingerprint density at radius 3 is 2.61 bits per heavy atom. The first kappa shape index (κ1) is 21.4. The third-order valence-electron chi connectivity index (χ3n) is 3.97. The van der Waals surface area contributed by atoms with E-state index < -0.39 is 0 Å². The Morgan fingerprint density at radius 2 is 1.89 bits per heavy atom. The molecule has 0 saturated carbocycles. The predicted octanol–water partition coefficient (Wildman–Crippen LogP) is 4.07. The highest BCUT2D eigenvalue weighted by atomic mass is 19.1. The molecule has 0 atom stereocenters. The molecule has 3 N–H and O–H groups in total. The summed E-state index contributed by atoms with van der Waals surface area (Å²) in [5.41, 5.74) is 2.33. The van der Waals surface area contributed by atoms with Gasteiger partial charge in [0.1, 0.15) is 5.82 Å². The monoisotopic (exact) mass is 384 g/mol. The first-order chi connectivity index (χ1) is 13.5. The number of nitrogens with zero attached hydrogens (tertiary/aromatic N) is 1. The molecule has 0 bridgehead atoms. The Kier molecular flexibility index (Phi) is 8.46. The molecule has 0 aliphatic rings. The Balaban J connectivity index is 1.99. The zero-order chi connectivity index (χ0) is 20.4. The molecule has 0 radical (unpaired) electrons. The molecule has 0 unspecified atom stereocenters. The van der Waals surface area contributed by atoms with Crippen LogP contribution in [0.25, 0.3) is 0 Å². The van der Waals surface area contributed by atoms with Crippen LogP contribution in [0.2, 0.25) is 0 Å². The van der Waals surface area contributed by atoms with Crippen LogP contribution in [0.3, 0.4) is 0 Å². The van der Waals surface area contributed by atoms with Gasteiger partial charge in [0.2, 0.25) is 5.91 Å². The number of nitrogens with one attached hydrogen (secondary N) is 3. The second-order valence-corrected chi connectivity index (χ2v) is 6.99. The molecule has 0 fully saturated rings. The van der Waals surface area contributed by atoms with Crippen molar-refractivity contribution in [1.82, 2.24) is 10.6 Å². The third kappa shape index (κ3) is 7.39. The first-order valence-electron chi connectivity index (χ1n) is 9.62. The molecule has 2 rings (SSSR count). The van der Waals surface area contributed by atoms with Crippen molar-refractivity contribution in [3.05, 3.63) is 65.5 Å². The molecule has 0 aliphatic carbocycles. The molecule has 28 heavy (non-hydrogen) atoms. The summed E-state index contributed by atoms with van der Waals surface area (Å²) >= 11 is 0. The minimum atomic E-state index is -0.240. The van der Waals surface area contributed by atoms with Crippen molar-refractivity contribution >= 4 is 17.6 Å². The Hall–Kier alpha value is -2.89. The van der Waals surface area contributed by atoms with E-state index in [0.29, 0.717) is 43.5 Å². The van der Waals surface area contributed by atoms with Crippen molar-refractivity contribution in [2.75, 3.05) is 11.9 Å². The topological polar surface area (TPSA) is 65.5 Å². The van der Waals surface area contributed by atoms with E-state index in [1.165, 1.54) is 6.07 Å². The number of carbonyl (C=O) groups is 1. The summed E-state index contributed by atoms with van der Waals surface area (Å²) in [6.07, 6.45) is 0.493. The smallest absolute Gasteiger partial charge is 0.224 e. The molecule has 2 aromatic carbocycles. The SMILES string of the molecule is CCNC(=NCc1cccc(NC(=O)CC(C)C)c1)NCc1ccccc1F. The van der Waals surface area contributed by atoms with E-state index >= 15 is 0 Å². The average Bonchev–Trinajstić information content (AvgIpc) is 2.64. The lowest BCUT2D eigenvalue weighted by molar-refractivity contribution is -0.116. The summed E-state index contributed by atoms with van der Waals surface area (Å²) in [6.45, 7) is 7.51. The van der Waals surface area contributed by atoms with Gasteiger partial charge in [0.25, 0.3) is 0 Å². The van der Waals surface area contributed by atoms with Gasteiger partial charge in [-0.15, -0.1) is 0 Å². The van der Waals surface area contributed by atoms with Gasteiger partial charge in [-0.3, -0.25) is 4.79 Å². The number of halogens is 1. The summed E-state index contributed by atoms with van der Waals surface area (Å²) in [6, 6.07) is 14.3. The van der Waals surface area contributed by atoms with Gasteiger partial charge in [0.15, 0.2) is 5.96 Å². The highest BCUT2D eigenvalue weighted by Crippen LogP contribution is 2.13. The molecule has 0 saturated heterocycles. The normalized spacial score (nSPS) is 11.4. The maximum absolute atomic E-state index is 13.8. The fraction of sp³-hybridized carbons (Fsp3) is 0.364. The van der Waals surface area contributed by atoms with Crippen LogP contribution in [0.15, 0.2) is 53.5 Å². The first-order valence-corrected chi connectivity index (χ1v) is 9.62. The number of hydrogen-bond donors (Lipinski definition) is 3. The van der Waals surface area contributed by atoms with E-state index in [0.717, 1.165) is 11.3 Å². The van der Waals surface area contributed by atoms with Gasteiger partial charge in [-0.25, -0.2) is 9.38 Å². The van der Waals surface area contributed by atoms with Gasteiger partial charge in [0, 0.05) is 30.8 Å². The number of guanidine groups is 1. The van der Waals surface area contributed by atoms with Crippen LogP contribution in [0.5, 0.6) is 0 Å². The van der Waals surface area contributed by atoms with Gasteiger partial charge in [-0.1, -0.05) is 44.2 Å². The summed E-state index contributed by atoms with van der Waals surface area (Å²) in [4.78, 5) is 16.5. The Morgan fingerprint density at radius 1 is 1.11 bits per heavy atom. The molecule has 0 heterocycles. The van der Waals surface area contributed by atoms with Gasteiger partial charge < -0.3 is 16.0 Å². The van der Waals surface area contributed by atoms with Gasteiger partial charge in [-0.2, -0.15) is 0 Å². The van der Waals surface area contributed by atoms with E-state index in [1.807, 2.05) is 51.1 Å². The number of aliphatic imine (C=N–C) groups is 1. The third-order valence-corrected chi connectivity index (χ3v) is 3.97. The lowest BCUT2D eigenvalue weighted by Crippen LogP contribution is -2.37. The molecule has 150 valence electrons. The summed E-state index contributed by atoms with van der Waals surface area (Å²) in [7, 11) is 0. The minimum Gasteiger partial charge on any atom is -0.357 e. The Labute approximate surface area is 166 Å². The fourth-order valence-corrected chi connectivity index (χ4v) is 2.66. The van der Waals surface area contributed by atoms with Crippen molar-refractivity contribution < 1.29 is 9.18 Å². The van der Waals surface area contributed by atoms with Crippen LogP contribution in [0.4, 0.5) is 10.1 Å².